The van der Waals surface area contributed by atoms with Crippen molar-refractivity contribution in [2.45, 2.75) is 33.1 Å². The number of amides is 3. The fraction of sp³-hybridized carbons (Fsp3) is 0.214. The van der Waals surface area contributed by atoms with Gasteiger partial charge in [-0.05, 0) is 37.3 Å². The second-order valence-electron chi connectivity index (χ2n) is 9.89. The minimum atomic E-state index is -0.808. The summed E-state index contributed by atoms with van der Waals surface area (Å²) in [5.41, 5.74) is 0.754. The van der Waals surface area contributed by atoms with Gasteiger partial charge < -0.3 is 15.4 Å². The van der Waals surface area contributed by atoms with E-state index in [-0.39, 0.29) is 34.4 Å². The van der Waals surface area contributed by atoms with Gasteiger partial charge in [0.05, 0.1) is 17.1 Å². The Labute approximate surface area is 228 Å². The van der Waals surface area contributed by atoms with Crippen LogP contribution in [0.2, 0.25) is 0 Å². The summed E-state index contributed by atoms with van der Waals surface area (Å²) in [7, 11) is 1.47. The molecule has 2 heterocycles. The van der Waals surface area contributed by atoms with Crippen LogP contribution in [0.5, 0.6) is 11.5 Å². The first kappa shape index (κ1) is 28.1. The molecule has 9 nitrogen and oxygen atoms in total. The number of hydrogen-bond donors (Lipinski definition) is 3. The van der Waals surface area contributed by atoms with Crippen molar-refractivity contribution in [2.75, 3.05) is 17.7 Å². The number of anilines is 2. The molecule has 0 aliphatic rings. The number of carbonyl (C=O) groups excluding carboxylic acids is 2. The molecule has 0 unspecified atom stereocenters. The number of rotatable bonds is 6. The van der Waals surface area contributed by atoms with Gasteiger partial charge in [0.15, 0.2) is 0 Å². The third-order valence-electron chi connectivity index (χ3n) is 5.77. The molecule has 0 spiro atoms. The second kappa shape index (κ2) is 11.1. The van der Waals surface area contributed by atoms with Crippen molar-refractivity contribution in [2.24, 2.45) is 0 Å². The highest BCUT2D eigenvalue weighted by molar-refractivity contribution is 6.00. The second-order valence-corrected chi connectivity index (χ2v) is 9.89. The Morgan fingerprint density at radius 1 is 0.925 bits per heavy atom. The van der Waals surface area contributed by atoms with E-state index in [1.807, 2.05) is 20.8 Å². The summed E-state index contributed by atoms with van der Waals surface area (Å²) in [6.45, 7) is 7.45. The first-order chi connectivity index (χ1) is 18.8. The van der Waals surface area contributed by atoms with Gasteiger partial charge in [0, 0.05) is 42.4 Å². The number of urea groups is 1. The zero-order chi connectivity index (χ0) is 29.2. The molecular weight excluding hydrogens is 525 g/mol. The van der Waals surface area contributed by atoms with Gasteiger partial charge in [-0.1, -0.05) is 20.8 Å². The van der Waals surface area contributed by atoms with Crippen LogP contribution >= 0.6 is 0 Å². The van der Waals surface area contributed by atoms with Crippen LogP contribution in [0.4, 0.5) is 29.5 Å². The molecule has 0 aliphatic heterocycles. The van der Waals surface area contributed by atoms with Gasteiger partial charge in [0.1, 0.15) is 40.5 Å². The van der Waals surface area contributed by atoms with Gasteiger partial charge in [-0.3, -0.25) is 15.1 Å². The van der Waals surface area contributed by atoms with Crippen LogP contribution in [0.15, 0.2) is 54.7 Å². The van der Waals surface area contributed by atoms with Crippen LogP contribution < -0.4 is 20.7 Å². The van der Waals surface area contributed by atoms with E-state index in [9.17, 15) is 22.8 Å². The van der Waals surface area contributed by atoms with Crippen LogP contribution in [0.25, 0.3) is 5.69 Å². The third kappa shape index (κ3) is 6.22. The predicted molar refractivity (Wildman–Crippen MR) is 144 cm³/mol. The van der Waals surface area contributed by atoms with E-state index in [2.05, 4.69) is 26.0 Å². The maximum atomic E-state index is 14.9. The molecular formula is C28H27F3N6O3. The highest BCUT2D eigenvalue weighted by Gasteiger charge is 2.26. The molecule has 12 heteroatoms. The van der Waals surface area contributed by atoms with Gasteiger partial charge in [-0.2, -0.15) is 5.10 Å². The van der Waals surface area contributed by atoms with E-state index in [1.165, 1.54) is 42.2 Å². The SMILES string of the molecule is CNC(=O)c1cc(Oc2ccc(NC(=O)Nc3c(C)c(C(C)(C)C)nn3-c3cc(F)cc(F)c3)c(F)c2)ccn1. The number of hydrogen-bond acceptors (Lipinski definition) is 5. The summed E-state index contributed by atoms with van der Waals surface area (Å²) in [6, 6.07) is 8.81. The zero-order valence-electron chi connectivity index (χ0n) is 22.4. The lowest BCUT2D eigenvalue weighted by atomic mass is 9.90. The smallest absolute Gasteiger partial charge is 0.324 e. The van der Waals surface area contributed by atoms with Crippen molar-refractivity contribution < 1.29 is 27.5 Å². The van der Waals surface area contributed by atoms with Crippen LogP contribution in [0.3, 0.4) is 0 Å². The van der Waals surface area contributed by atoms with E-state index in [0.29, 0.717) is 11.3 Å². The van der Waals surface area contributed by atoms with Gasteiger partial charge in [-0.15, -0.1) is 0 Å². The number of benzene rings is 2. The summed E-state index contributed by atoms with van der Waals surface area (Å²) < 4.78 is 49.7. The molecule has 3 amide bonds. The van der Waals surface area contributed by atoms with Crippen molar-refractivity contribution in [3.05, 3.63) is 89.1 Å². The Balaban J connectivity index is 1.56. The van der Waals surface area contributed by atoms with E-state index >= 15 is 0 Å². The molecule has 0 radical (unpaired) electrons. The lowest BCUT2D eigenvalue weighted by molar-refractivity contribution is 0.0957. The average molecular weight is 553 g/mol. The number of nitrogens with zero attached hydrogens (tertiary/aromatic N) is 3. The van der Waals surface area contributed by atoms with Crippen molar-refractivity contribution >= 4 is 23.4 Å². The predicted octanol–water partition coefficient (Wildman–Crippen LogP) is 6.09. The lowest BCUT2D eigenvalue weighted by Gasteiger charge is -2.16. The Kier molecular flexibility index (Phi) is 7.80. The number of halogens is 3. The molecule has 3 N–H and O–H groups in total. The third-order valence-corrected chi connectivity index (χ3v) is 5.77. The first-order valence-electron chi connectivity index (χ1n) is 12.2. The highest BCUT2D eigenvalue weighted by Crippen LogP contribution is 2.32. The summed E-state index contributed by atoms with van der Waals surface area (Å²) in [5, 5.41) is 12.0. The van der Waals surface area contributed by atoms with E-state index < -0.39 is 34.8 Å². The minimum Gasteiger partial charge on any atom is -0.457 e. The van der Waals surface area contributed by atoms with Crippen molar-refractivity contribution in [3.8, 4) is 17.2 Å². The molecule has 0 saturated carbocycles. The molecule has 0 aliphatic carbocycles. The van der Waals surface area contributed by atoms with Crippen molar-refractivity contribution in [3.63, 3.8) is 0 Å². The summed E-state index contributed by atoms with van der Waals surface area (Å²) in [5.74, 6) is -2.27. The van der Waals surface area contributed by atoms with Gasteiger partial charge in [0.25, 0.3) is 5.91 Å². The van der Waals surface area contributed by atoms with Gasteiger partial charge >= 0.3 is 6.03 Å². The monoisotopic (exact) mass is 552 g/mol. The van der Waals surface area contributed by atoms with Crippen LogP contribution in [-0.2, 0) is 5.41 Å². The number of nitrogens with one attached hydrogen (secondary N) is 3. The molecule has 2 aromatic heterocycles. The summed E-state index contributed by atoms with van der Waals surface area (Å²) in [6.07, 6.45) is 1.38. The molecule has 208 valence electrons. The molecule has 40 heavy (non-hydrogen) atoms. The number of ether oxygens (including phenoxy) is 1. The molecule has 0 fully saturated rings. The minimum absolute atomic E-state index is 0.0646. The van der Waals surface area contributed by atoms with Crippen LogP contribution in [0.1, 0.15) is 42.5 Å². The molecule has 0 atom stereocenters. The van der Waals surface area contributed by atoms with Crippen molar-refractivity contribution in [1.82, 2.24) is 20.1 Å². The highest BCUT2D eigenvalue weighted by atomic mass is 19.1. The van der Waals surface area contributed by atoms with Crippen LogP contribution in [-0.4, -0.2) is 33.8 Å². The maximum Gasteiger partial charge on any atom is 0.324 e. The number of carbonyl (C=O) groups is 2. The Hall–Kier alpha value is -4.87. The molecule has 4 rings (SSSR count). The average Bonchev–Trinajstić information content (AvgIpc) is 3.21. The summed E-state index contributed by atoms with van der Waals surface area (Å²) in [4.78, 5) is 28.6. The topological polar surface area (TPSA) is 110 Å². The Morgan fingerprint density at radius 2 is 1.60 bits per heavy atom. The number of pyridine rings is 1. The fourth-order valence-electron chi connectivity index (χ4n) is 3.99. The quantitative estimate of drug-likeness (QED) is 0.268. The van der Waals surface area contributed by atoms with Crippen LogP contribution in [0, 0.1) is 24.4 Å². The van der Waals surface area contributed by atoms with Gasteiger partial charge in [-0.25, -0.2) is 22.6 Å². The standard InChI is InChI=1S/C28H27F3N6O3/c1-15-24(28(2,3)4)36-37(18-11-16(29)10-17(30)12-18)25(15)35-27(39)34-22-7-6-19(13-21(22)31)40-20-8-9-33-23(14-20)26(38)32-5/h6-14H,1-5H3,(H,32,38)(H2,34,35,39). The van der Waals surface area contributed by atoms with Gasteiger partial charge in [0.2, 0.25) is 0 Å². The zero-order valence-corrected chi connectivity index (χ0v) is 22.4. The van der Waals surface area contributed by atoms with E-state index in [0.717, 1.165) is 24.3 Å². The summed E-state index contributed by atoms with van der Waals surface area (Å²) >= 11 is 0. The Morgan fingerprint density at radius 3 is 2.23 bits per heavy atom. The normalized spacial score (nSPS) is 11.2. The number of aromatic nitrogens is 3. The lowest BCUT2D eigenvalue weighted by Crippen LogP contribution is -2.22. The first-order valence-corrected chi connectivity index (χ1v) is 12.2. The molecule has 0 saturated heterocycles. The molecule has 0 bridgehead atoms. The fourth-order valence-corrected chi connectivity index (χ4v) is 3.99. The van der Waals surface area contributed by atoms with E-state index in [1.54, 1.807) is 6.92 Å². The molecule has 4 aromatic rings. The van der Waals surface area contributed by atoms with Crippen molar-refractivity contribution in [1.29, 1.82) is 0 Å². The molecule has 2 aromatic carbocycles. The van der Waals surface area contributed by atoms with E-state index in [4.69, 9.17) is 4.74 Å². The Bertz CT molecular complexity index is 1580. The largest absolute Gasteiger partial charge is 0.457 e. The maximum absolute atomic E-state index is 14.9.